The smallest absolute Gasteiger partial charge is 0.254 e. The van der Waals surface area contributed by atoms with Crippen LogP contribution in [0.15, 0.2) is 47.2 Å². The zero-order valence-corrected chi connectivity index (χ0v) is 13.2. The van der Waals surface area contributed by atoms with E-state index >= 15 is 0 Å². The predicted octanol–water partition coefficient (Wildman–Crippen LogP) is 3.81. The van der Waals surface area contributed by atoms with Crippen LogP contribution in [0.1, 0.15) is 28.4 Å². The van der Waals surface area contributed by atoms with Crippen molar-refractivity contribution in [1.29, 1.82) is 0 Å². The lowest BCUT2D eigenvalue weighted by molar-refractivity contribution is 0.0751. The Labute approximate surface area is 127 Å². The van der Waals surface area contributed by atoms with Gasteiger partial charge in [-0.25, -0.2) is 0 Å². The minimum absolute atomic E-state index is 0.0584. The summed E-state index contributed by atoms with van der Waals surface area (Å²) in [4.78, 5) is 18.5. The van der Waals surface area contributed by atoms with Gasteiger partial charge in [0.1, 0.15) is 0 Å². The molecule has 0 bridgehead atoms. The Hall–Kier alpha value is -1.68. The standard InChI is InChI=1S/C16H17BrN2O/c1-3-19(11-13-7-9-18-10-8-13)16(20)14-5-4-6-15(17)12(14)2/h4-10H,3,11H2,1-2H3. The minimum atomic E-state index is 0.0584. The summed E-state index contributed by atoms with van der Waals surface area (Å²) < 4.78 is 0.961. The molecule has 0 aliphatic heterocycles. The molecule has 2 rings (SSSR count). The van der Waals surface area contributed by atoms with Gasteiger partial charge in [0.2, 0.25) is 0 Å². The molecular weight excluding hydrogens is 316 g/mol. The second kappa shape index (κ2) is 6.66. The number of amides is 1. The first-order chi connectivity index (χ1) is 9.63. The zero-order chi connectivity index (χ0) is 14.5. The summed E-state index contributed by atoms with van der Waals surface area (Å²) in [6.45, 7) is 5.22. The van der Waals surface area contributed by atoms with Crippen molar-refractivity contribution in [2.24, 2.45) is 0 Å². The number of carbonyl (C=O) groups excluding carboxylic acids is 1. The number of aromatic nitrogens is 1. The number of carbonyl (C=O) groups is 1. The highest BCUT2D eigenvalue weighted by Crippen LogP contribution is 2.21. The molecule has 0 atom stereocenters. The van der Waals surface area contributed by atoms with Gasteiger partial charge in [0.15, 0.2) is 0 Å². The minimum Gasteiger partial charge on any atom is -0.335 e. The lowest BCUT2D eigenvalue weighted by Crippen LogP contribution is -2.30. The fourth-order valence-electron chi connectivity index (χ4n) is 2.05. The summed E-state index contributed by atoms with van der Waals surface area (Å²) in [5.74, 6) is 0.0584. The number of pyridine rings is 1. The fraction of sp³-hybridized carbons (Fsp3) is 0.250. The van der Waals surface area contributed by atoms with Crippen LogP contribution in [0.2, 0.25) is 0 Å². The Morgan fingerprint density at radius 2 is 1.95 bits per heavy atom. The van der Waals surface area contributed by atoms with Gasteiger partial charge < -0.3 is 4.90 Å². The molecule has 0 saturated heterocycles. The van der Waals surface area contributed by atoms with Gasteiger partial charge in [0.05, 0.1) is 0 Å². The van der Waals surface area contributed by atoms with Crippen molar-refractivity contribution in [3.8, 4) is 0 Å². The zero-order valence-electron chi connectivity index (χ0n) is 11.6. The molecule has 0 spiro atoms. The van der Waals surface area contributed by atoms with Crippen molar-refractivity contribution in [2.75, 3.05) is 6.54 Å². The van der Waals surface area contributed by atoms with E-state index in [-0.39, 0.29) is 5.91 Å². The molecule has 4 heteroatoms. The molecule has 104 valence electrons. The molecule has 3 nitrogen and oxygen atoms in total. The average Bonchev–Trinajstić information content (AvgIpc) is 2.48. The molecule has 1 aromatic carbocycles. The Morgan fingerprint density at radius 1 is 1.25 bits per heavy atom. The molecular formula is C16H17BrN2O. The Balaban J connectivity index is 2.23. The molecule has 1 heterocycles. The maximum atomic E-state index is 12.6. The summed E-state index contributed by atoms with van der Waals surface area (Å²) in [5.41, 5.74) is 2.81. The normalized spacial score (nSPS) is 10.3. The van der Waals surface area contributed by atoms with Crippen LogP contribution in [0.4, 0.5) is 0 Å². The van der Waals surface area contributed by atoms with Gasteiger partial charge >= 0.3 is 0 Å². The topological polar surface area (TPSA) is 33.2 Å². The van der Waals surface area contributed by atoms with Gasteiger partial charge in [-0.2, -0.15) is 0 Å². The first-order valence-electron chi connectivity index (χ1n) is 6.56. The number of benzene rings is 1. The van der Waals surface area contributed by atoms with Gasteiger partial charge in [-0.3, -0.25) is 9.78 Å². The molecule has 0 radical (unpaired) electrons. The second-order valence-corrected chi connectivity index (χ2v) is 5.44. The van der Waals surface area contributed by atoms with Crippen LogP contribution in [0.5, 0.6) is 0 Å². The summed E-state index contributed by atoms with van der Waals surface area (Å²) in [5, 5.41) is 0. The van der Waals surface area contributed by atoms with Crippen LogP contribution in [0, 0.1) is 6.92 Å². The van der Waals surface area contributed by atoms with Crippen LogP contribution in [-0.2, 0) is 6.54 Å². The number of nitrogens with zero attached hydrogens (tertiary/aromatic N) is 2. The number of rotatable bonds is 4. The van der Waals surface area contributed by atoms with Crippen molar-refractivity contribution in [3.63, 3.8) is 0 Å². The van der Waals surface area contributed by atoms with Gasteiger partial charge in [0.25, 0.3) is 5.91 Å². The monoisotopic (exact) mass is 332 g/mol. The summed E-state index contributed by atoms with van der Waals surface area (Å²) in [6, 6.07) is 9.58. The Bertz CT molecular complexity index is 599. The highest BCUT2D eigenvalue weighted by molar-refractivity contribution is 9.10. The fourth-order valence-corrected chi connectivity index (χ4v) is 2.41. The lowest BCUT2D eigenvalue weighted by Gasteiger charge is -2.22. The molecule has 0 unspecified atom stereocenters. The largest absolute Gasteiger partial charge is 0.335 e. The van der Waals surface area contributed by atoms with Crippen LogP contribution in [-0.4, -0.2) is 22.3 Å². The number of halogens is 1. The van der Waals surface area contributed by atoms with Crippen LogP contribution < -0.4 is 0 Å². The molecule has 1 amide bonds. The van der Waals surface area contributed by atoms with Gasteiger partial charge in [-0.15, -0.1) is 0 Å². The van der Waals surface area contributed by atoms with E-state index in [0.717, 1.165) is 21.2 Å². The third kappa shape index (κ3) is 3.25. The van der Waals surface area contributed by atoms with E-state index in [9.17, 15) is 4.79 Å². The molecule has 1 aromatic heterocycles. The van der Waals surface area contributed by atoms with Crippen LogP contribution in [0.25, 0.3) is 0 Å². The number of hydrogen-bond acceptors (Lipinski definition) is 2. The molecule has 0 fully saturated rings. The van der Waals surface area contributed by atoms with Gasteiger partial charge in [-0.1, -0.05) is 22.0 Å². The quantitative estimate of drug-likeness (QED) is 0.852. The van der Waals surface area contributed by atoms with Gasteiger partial charge in [-0.05, 0) is 49.2 Å². The molecule has 0 aliphatic rings. The van der Waals surface area contributed by atoms with E-state index in [2.05, 4.69) is 20.9 Å². The molecule has 2 aromatic rings. The average molecular weight is 333 g/mol. The summed E-state index contributed by atoms with van der Waals surface area (Å²) in [7, 11) is 0. The van der Waals surface area contributed by atoms with Crippen molar-refractivity contribution in [2.45, 2.75) is 20.4 Å². The van der Waals surface area contributed by atoms with E-state index < -0.39 is 0 Å². The number of hydrogen-bond donors (Lipinski definition) is 0. The maximum Gasteiger partial charge on any atom is 0.254 e. The Kier molecular flexibility index (Phi) is 4.90. The maximum absolute atomic E-state index is 12.6. The van der Waals surface area contributed by atoms with Crippen LogP contribution >= 0.6 is 15.9 Å². The predicted molar refractivity (Wildman–Crippen MR) is 83.5 cm³/mol. The van der Waals surface area contributed by atoms with Gasteiger partial charge in [0, 0.05) is 35.5 Å². The van der Waals surface area contributed by atoms with E-state index in [1.807, 2.05) is 49.1 Å². The second-order valence-electron chi connectivity index (χ2n) is 4.59. The van der Waals surface area contributed by atoms with Crippen molar-refractivity contribution in [3.05, 3.63) is 63.9 Å². The van der Waals surface area contributed by atoms with E-state index in [4.69, 9.17) is 0 Å². The van der Waals surface area contributed by atoms with E-state index in [1.54, 1.807) is 12.4 Å². The third-order valence-corrected chi connectivity index (χ3v) is 4.15. The van der Waals surface area contributed by atoms with Crippen molar-refractivity contribution >= 4 is 21.8 Å². The Morgan fingerprint density at radius 3 is 2.60 bits per heavy atom. The molecule has 0 aliphatic carbocycles. The lowest BCUT2D eigenvalue weighted by atomic mass is 10.1. The molecule has 0 saturated carbocycles. The first-order valence-corrected chi connectivity index (χ1v) is 7.36. The van der Waals surface area contributed by atoms with E-state index in [0.29, 0.717) is 13.1 Å². The highest BCUT2D eigenvalue weighted by atomic mass is 79.9. The summed E-state index contributed by atoms with van der Waals surface area (Å²) >= 11 is 3.47. The van der Waals surface area contributed by atoms with Crippen LogP contribution in [0.3, 0.4) is 0 Å². The van der Waals surface area contributed by atoms with E-state index in [1.165, 1.54) is 0 Å². The van der Waals surface area contributed by atoms with Crippen molar-refractivity contribution < 1.29 is 4.79 Å². The van der Waals surface area contributed by atoms with Crippen molar-refractivity contribution in [1.82, 2.24) is 9.88 Å². The summed E-state index contributed by atoms with van der Waals surface area (Å²) in [6.07, 6.45) is 3.50. The SMILES string of the molecule is CCN(Cc1ccncc1)C(=O)c1cccc(Br)c1C. The first kappa shape index (κ1) is 14.7. The highest BCUT2D eigenvalue weighted by Gasteiger charge is 2.17. The molecule has 0 N–H and O–H groups in total. The molecule has 20 heavy (non-hydrogen) atoms. The third-order valence-electron chi connectivity index (χ3n) is 3.29.